The van der Waals surface area contributed by atoms with Crippen LogP contribution in [0.25, 0.3) is 0 Å². The second-order valence-electron chi connectivity index (χ2n) is 3.88. The van der Waals surface area contributed by atoms with E-state index in [1.54, 1.807) is 18.3 Å². The van der Waals surface area contributed by atoms with Crippen molar-refractivity contribution in [1.82, 2.24) is 15.0 Å². The minimum Gasteiger partial charge on any atom is -0.409 e. The number of aromatic nitrogens is 1. The first-order chi connectivity index (χ1) is 8.92. The van der Waals surface area contributed by atoms with Crippen molar-refractivity contribution in [1.29, 1.82) is 0 Å². The predicted molar refractivity (Wildman–Crippen MR) is 71.3 cm³/mol. The molecule has 8 nitrogen and oxygen atoms in total. The largest absolute Gasteiger partial charge is 0.409 e. The minimum atomic E-state index is -3.15. The van der Waals surface area contributed by atoms with Crippen molar-refractivity contribution in [3.8, 4) is 0 Å². The normalized spacial score (nSPS) is 12.6. The topological polar surface area (TPSA) is 130 Å². The maximum Gasteiger partial charge on any atom is 0.208 e. The van der Waals surface area contributed by atoms with Gasteiger partial charge in [0.15, 0.2) is 5.84 Å². The maximum absolute atomic E-state index is 10.8. The third-order valence-corrected chi connectivity index (χ3v) is 2.92. The summed E-state index contributed by atoms with van der Waals surface area (Å²) in [5.74, 6) is -0.0550. The van der Waals surface area contributed by atoms with Gasteiger partial charge in [-0.2, -0.15) is 0 Å². The molecule has 9 heteroatoms. The van der Waals surface area contributed by atoms with Crippen molar-refractivity contribution >= 4 is 15.9 Å². The summed E-state index contributed by atoms with van der Waals surface area (Å²) in [5.41, 5.74) is 6.71. The molecule has 0 aliphatic heterocycles. The Hall–Kier alpha value is -1.71. The molecule has 0 amide bonds. The molecule has 1 rings (SSSR count). The van der Waals surface area contributed by atoms with E-state index in [4.69, 9.17) is 10.9 Å². The van der Waals surface area contributed by atoms with Gasteiger partial charge in [0.05, 0.1) is 6.26 Å². The molecule has 5 N–H and O–H groups in total. The van der Waals surface area contributed by atoms with Gasteiger partial charge in [-0.3, -0.25) is 4.98 Å². The molecule has 0 aromatic carbocycles. The summed E-state index contributed by atoms with van der Waals surface area (Å²) in [5, 5.41) is 14.5. The van der Waals surface area contributed by atoms with E-state index in [0.717, 1.165) is 11.8 Å². The Morgan fingerprint density at radius 3 is 2.89 bits per heavy atom. The van der Waals surface area contributed by atoms with E-state index < -0.39 is 10.0 Å². The molecule has 0 aliphatic carbocycles. The van der Waals surface area contributed by atoms with Crippen LogP contribution in [-0.4, -0.2) is 43.8 Å². The van der Waals surface area contributed by atoms with Crippen LogP contribution < -0.4 is 15.8 Å². The van der Waals surface area contributed by atoms with Crippen molar-refractivity contribution in [2.45, 2.75) is 6.54 Å². The van der Waals surface area contributed by atoms with E-state index in [1.807, 2.05) is 0 Å². The zero-order valence-electron chi connectivity index (χ0n) is 10.5. The summed E-state index contributed by atoms with van der Waals surface area (Å²) in [6, 6.07) is 3.47. The first-order valence-electron chi connectivity index (χ1n) is 5.50. The highest BCUT2D eigenvalue weighted by atomic mass is 32.2. The number of sulfonamides is 1. The number of hydrogen-bond acceptors (Lipinski definition) is 6. The number of nitrogens with one attached hydrogen (secondary N) is 2. The number of oxime groups is 1. The summed E-state index contributed by atoms with van der Waals surface area (Å²) in [7, 11) is -3.15. The molecule has 0 spiro atoms. The van der Waals surface area contributed by atoms with Gasteiger partial charge in [-0.1, -0.05) is 5.16 Å². The Morgan fingerprint density at radius 2 is 2.26 bits per heavy atom. The Kier molecular flexibility index (Phi) is 5.67. The number of hydrogen-bond donors (Lipinski definition) is 4. The number of nitrogens with two attached hydrogens (primary N) is 1. The summed E-state index contributed by atoms with van der Waals surface area (Å²) in [6.07, 6.45) is 2.66. The van der Waals surface area contributed by atoms with Crippen LogP contribution in [0.5, 0.6) is 0 Å². The Morgan fingerprint density at radius 1 is 1.53 bits per heavy atom. The molecule has 1 heterocycles. The molecule has 19 heavy (non-hydrogen) atoms. The van der Waals surface area contributed by atoms with Gasteiger partial charge in [-0.05, 0) is 17.7 Å². The van der Waals surface area contributed by atoms with Crippen LogP contribution in [0.15, 0.2) is 23.5 Å². The molecule has 1 aromatic rings. The van der Waals surface area contributed by atoms with Crippen LogP contribution in [0, 0.1) is 0 Å². The number of pyridine rings is 1. The van der Waals surface area contributed by atoms with Crippen LogP contribution in [0.1, 0.15) is 11.3 Å². The second kappa shape index (κ2) is 7.02. The molecule has 0 fully saturated rings. The Balaban J connectivity index is 2.42. The van der Waals surface area contributed by atoms with E-state index in [-0.39, 0.29) is 5.84 Å². The molecule has 0 radical (unpaired) electrons. The van der Waals surface area contributed by atoms with Crippen LogP contribution in [0.2, 0.25) is 0 Å². The van der Waals surface area contributed by atoms with Gasteiger partial charge in [0.25, 0.3) is 0 Å². The van der Waals surface area contributed by atoms with Gasteiger partial charge in [0.1, 0.15) is 5.69 Å². The monoisotopic (exact) mass is 287 g/mol. The summed E-state index contributed by atoms with van der Waals surface area (Å²) in [4.78, 5) is 3.95. The molecule has 0 atom stereocenters. The summed E-state index contributed by atoms with van der Waals surface area (Å²) >= 11 is 0. The highest BCUT2D eigenvalue weighted by molar-refractivity contribution is 7.88. The maximum atomic E-state index is 10.8. The molecule has 106 valence electrons. The SMILES string of the molecule is CS(=O)(=O)NCCNCc1ccnc(C(N)=NO)c1. The predicted octanol–water partition coefficient (Wildman–Crippen LogP) is -1.19. The van der Waals surface area contributed by atoms with Gasteiger partial charge in [-0.15, -0.1) is 0 Å². The molecule has 0 aliphatic rings. The van der Waals surface area contributed by atoms with Crippen molar-refractivity contribution in [3.05, 3.63) is 29.6 Å². The smallest absolute Gasteiger partial charge is 0.208 e. The highest BCUT2D eigenvalue weighted by Gasteiger charge is 2.02. The molecule has 0 saturated heterocycles. The molecule has 1 aromatic heterocycles. The average molecular weight is 287 g/mol. The lowest BCUT2D eigenvalue weighted by Gasteiger charge is -2.06. The minimum absolute atomic E-state index is 0.0550. The zero-order valence-corrected chi connectivity index (χ0v) is 11.3. The highest BCUT2D eigenvalue weighted by Crippen LogP contribution is 2.01. The fourth-order valence-electron chi connectivity index (χ4n) is 1.33. The van der Waals surface area contributed by atoms with E-state index in [9.17, 15) is 8.42 Å². The first-order valence-corrected chi connectivity index (χ1v) is 7.39. The van der Waals surface area contributed by atoms with Crippen LogP contribution >= 0.6 is 0 Å². The fourth-order valence-corrected chi connectivity index (χ4v) is 1.81. The van der Waals surface area contributed by atoms with Crippen molar-refractivity contribution in [3.63, 3.8) is 0 Å². The molecular weight excluding hydrogens is 270 g/mol. The van der Waals surface area contributed by atoms with Crippen molar-refractivity contribution in [2.75, 3.05) is 19.3 Å². The molecule has 0 unspecified atom stereocenters. The lowest BCUT2D eigenvalue weighted by atomic mass is 10.2. The average Bonchev–Trinajstić information content (AvgIpc) is 2.36. The van der Waals surface area contributed by atoms with Crippen LogP contribution in [0.4, 0.5) is 0 Å². The van der Waals surface area contributed by atoms with E-state index in [2.05, 4.69) is 20.2 Å². The van der Waals surface area contributed by atoms with Crippen molar-refractivity contribution in [2.24, 2.45) is 10.9 Å². The Bertz CT molecular complexity index is 544. The third-order valence-electron chi connectivity index (χ3n) is 2.19. The summed E-state index contributed by atoms with van der Waals surface area (Å²) < 4.78 is 24.0. The fraction of sp³-hybridized carbons (Fsp3) is 0.400. The first kappa shape index (κ1) is 15.3. The van der Waals surface area contributed by atoms with E-state index in [0.29, 0.717) is 25.3 Å². The number of nitrogens with zero attached hydrogens (tertiary/aromatic N) is 2. The number of rotatable bonds is 7. The standard InChI is InChI=1S/C10H17N5O3S/c1-19(17,18)14-5-4-12-7-8-2-3-13-9(6-8)10(11)15-16/h2-3,6,12,14,16H,4-5,7H2,1H3,(H2,11,15). The van der Waals surface area contributed by atoms with Gasteiger partial charge < -0.3 is 16.3 Å². The van der Waals surface area contributed by atoms with E-state index in [1.165, 1.54) is 0 Å². The zero-order chi connectivity index (χ0) is 14.3. The van der Waals surface area contributed by atoms with Gasteiger partial charge >= 0.3 is 0 Å². The van der Waals surface area contributed by atoms with Gasteiger partial charge in [0.2, 0.25) is 10.0 Å². The lowest BCUT2D eigenvalue weighted by Crippen LogP contribution is -2.30. The third kappa shape index (κ3) is 6.13. The van der Waals surface area contributed by atoms with Gasteiger partial charge in [-0.25, -0.2) is 13.1 Å². The van der Waals surface area contributed by atoms with Gasteiger partial charge in [0, 0.05) is 25.8 Å². The van der Waals surface area contributed by atoms with Crippen LogP contribution in [-0.2, 0) is 16.6 Å². The van der Waals surface area contributed by atoms with Crippen LogP contribution in [0.3, 0.4) is 0 Å². The Labute approximate surface area is 111 Å². The molecule has 0 saturated carbocycles. The molecule has 0 bridgehead atoms. The van der Waals surface area contributed by atoms with Crippen molar-refractivity contribution < 1.29 is 13.6 Å². The lowest BCUT2D eigenvalue weighted by molar-refractivity contribution is 0.318. The quantitative estimate of drug-likeness (QED) is 0.164. The molecular formula is C10H17N5O3S. The second-order valence-corrected chi connectivity index (χ2v) is 5.71. The summed E-state index contributed by atoms with van der Waals surface area (Å²) in [6.45, 7) is 1.34. The number of amidine groups is 1. The van der Waals surface area contributed by atoms with E-state index >= 15 is 0 Å².